The Balaban J connectivity index is 2.51. The molecule has 2 atom stereocenters. The van der Waals surface area contributed by atoms with Crippen molar-refractivity contribution in [2.75, 3.05) is 0 Å². The van der Waals surface area contributed by atoms with E-state index in [-0.39, 0.29) is 28.9 Å². The molecule has 0 saturated carbocycles. The van der Waals surface area contributed by atoms with E-state index in [2.05, 4.69) is 13.5 Å². The van der Waals surface area contributed by atoms with Gasteiger partial charge in [-0.15, -0.1) is 0 Å². The second kappa shape index (κ2) is 9.12. The molecule has 0 unspecified atom stereocenters. The summed E-state index contributed by atoms with van der Waals surface area (Å²) in [5.41, 5.74) is 2.90. The average Bonchev–Trinajstić information content (AvgIpc) is 2.57. The van der Waals surface area contributed by atoms with E-state index in [1.165, 1.54) is 11.6 Å². The maximum absolute atomic E-state index is 11.9. The number of carboxylic acids is 1. The van der Waals surface area contributed by atoms with Crippen molar-refractivity contribution in [2.45, 2.75) is 71.6 Å². The second-order valence-corrected chi connectivity index (χ2v) is 7.84. The van der Waals surface area contributed by atoms with Crippen LogP contribution in [0.25, 0.3) is 0 Å². The van der Waals surface area contributed by atoms with Gasteiger partial charge < -0.3 is 15.3 Å². The largest absolute Gasteiger partial charge is 0.507 e. The molecule has 0 aromatic heterocycles. The Labute approximate surface area is 162 Å². The molecule has 2 rings (SSSR count). The van der Waals surface area contributed by atoms with Crippen molar-refractivity contribution in [3.8, 4) is 11.5 Å². The van der Waals surface area contributed by atoms with Crippen molar-refractivity contribution in [3.05, 3.63) is 46.6 Å². The van der Waals surface area contributed by atoms with Gasteiger partial charge in [-0.1, -0.05) is 50.0 Å². The SMILES string of the molecule is C=C(C)[C@@H]1CCC(C)=C[C@H]1c1c(O)cc(CCCCCC)c(C(=O)O)c1O. The van der Waals surface area contributed by atoms with Crippen LogP contribution in [0, 0.1) is 5.92 Å². The zero-order valence-corrected chi connectivity index (χ0v) is 16.7. The number of phenols is 2. The summed E-state index contributed by atoms with van der Waals surface area (Å²) in [5.74, 6) is -1.66. The van der Waals surface area contributed by atoms with Gasteiger partial charge in [-0.2, -0.15) is 0 Å². The number of benzene rings is 1. The lowest BCUT2D eigenvalue weighted by Gasteiger charge is -2.32. The van der Waals surface area contributed by atoms with Gasteiger partial charge in [-0.3, -0.25) is 0 Å². The maximum Gasteiger partial charge on any atom is 0.339 e. The number of unbranched alkanes of at least 4 members (excludes halogenated alkanes) is 3. The quantitative estimate of drug-likeness (QED) is 0.390. The minimum absolute atomic E-state index is 0.0230. The van der Waals surface area contributed by atoms with Crippen LogP contribution in [0.5, 0.6) is 11.5 Å². The molecular weight excluding hydrogens is 340 g/mol. The van der Waals surface area contributed by atoms with Crippen molar-refractivity contribution in [1.29, 1.82) is 0 Å². The molecular formula is C23H32O4. The number of carboxylic acid groups (broad SMARTS) is 1. The maximum atomic E-state index is 11.9. The highest BCUT2D eigenvalue weighted by molar-refractivity contribution is 5.94. The Morgan fingerprint density at radius 3 is 2.56 bits per heavy atom. The third kappa shape index (κ3) is 4.74. The number of hydrogen-bond donors (Lipinski definition) is 3. The molecule has 1 aromatic rings. The highest BCUT2D eigenvalue weighted by atomic mass is 16.4. The fourth-order valence-electron chi connectivity index (χ4n) is 4.14. The minimum Gasteiger partial charge on any atom is -0.507 e. The summed E-state index contributed by atoms with van der Waals surface area (Å²) in [6.07, 6.45) is 8.40. The Morgan fingerprint density at radius 2 is 1.96 bits per heavy atom. The average molecular weight is 373 g/mol. The standard InChI is InChI=1S/C23H32O4/c1-5-6-7-8-9-16-13-19(24)21(22(25)20(16)23(26)27)18-12-15(4)10-11-17(18)14(2)3/h12-13,17-18,24-25H,2,5-11H2,1,3-4H3,(H,26,27)/t17-,18+/m0/s1. The molecule has 1 aliphatic carbocycles. The summed E-state index contributed by atoms with van der Waals surface area (Å²) < 4.78 is 0. The Kier molecular flexibility index (Phi) is 7.11. The summed E-state index contributed by atoms with van der Waals surface area (Å²) >= 11 is 0. The molecule has 0 aliphatic heterocycles. The molecule has 148 valence electrons. The van der Waals surface area contributed by atoms with Crippen LogP contribution >= 0.6 is 0 Å². The first-order chi connectivity index (χ1) is 12.8. The number of hydrogen-bond acceptors (Lipinski definition) is 3. The minimum atomic E-state index is -1.15. The molecule has 0 saturated heterocycles. The van der Waals surface area contributed by atoms with Crippen molar-refractivity contribution in [3.63, 3.8) is 0 Å². The summed E-state index contributed by atoms with van der Waals surface area (Å²) in [4.78, 5) is 11.9. The molecule has 4 heteroatoms. The number of aryl methyl sites for hydroxylation is 1. The van der Waals surface area contributed by atoms with Crippen LogP contribution in [0.2, 0.25) is 0 Å². The van der Waals surface area contributed by atoms with Crippen molar-refractivity contribution in [2.24, 2.45) is 5.92 Å². The smallest absolute Gasteiger partial charge is 0.339 e. The molecule has 0 fully saturated rings. The van der Waals surface area contributed by atoms with Crippen molar-refractivity contribution >= 4 is 5.97 Å². The summed E-state index contributed by atoms with van der Waals surface area (Å²) in [7, 11) is 0. The third-order valence-electron chi connectivity index (χ3n) is 5.63. The normalized spacial score (nSPS) is 19.6. The molecule has 1 aromatic carbocycles. The molecule has 3 N–H and O–H groups in total. The molecule has 1 aliphatic rings. The number of allylic oxidation sites excluding steroid dienone is 3. The Hall–Kier alpha value is -2.23. The van der Waals surface area contributed by atoms with Crippen LogP contribution in [-0.4, -0.2) is 21.3 Å². The van der Waals surface area contributed by atoms with Gasteiger partial charge in [0.05, 0.1) is 0 Å². The van der Waals surface area contributed by atoms with Gasteiger partial charge in [0.25, 0.3) is 0 Å². The highest BCUT2D eigenvalue weighted by Crippen LogP contribution is 2.48. The van der Waals surface area contributed by atoms with E-state index in [4.69, 9.17) is 0 Å². The predicted molar refractivity (Wildman–Crippen MR) is 109 cm³/mol. The Bertz CT molecular complexity index is 745. The molecule has 4 nitrogen and oxygen atoms in total. The van der Waals surface area contributed by atoms with Crippen LogP contribution in [0.1, 0.15) is 86.7 Å². The van der Waals surface area contributed by atoms with E-state index in [0.717, 1.165) is 44.1 Å². The van der Waals surface area contributed by atoms with Crippen LogP contribution in [0.3, 0.4) is 0 Å². The van der Waals surface area contributed by atoms with E-state index in [0.29, 0.717) is 17.5 Å². The lowest BCUT2D eigenvalue weighted by Crippen LogP contribution is -2.18. The topological polar surface area (TPSA) is 77.8 Å². The molecule has 0 amide bonds. The van der Waals surface area contributed by atoms with E-state index in [1.54, 1.807) is 0 Å². The van der Waals surface area contributed by atoms with Crippen LogP contribution in [0.4, 0.5) is 0 Å². The highest BCUT2D eigenvalue weighted by Gasteiger charge is 2.32. The van der Waals surface area contributed by atoms with E-state index in [9.17, 15) is 20.1 Å². The number of carbonyl (C=O) groups is 1. The third-order valence-corrected chi connectivity index (χ3v) is 5.63. The van der Waals surface area contributed by atoms with Gasteiger partial charge in [0, 0.05) is 11.5 Å². The molecule has 0 heterocycles. The molecule has 27 heavy (non-hydrogen) atoms. The molecule has 0 spiro atoms. The zero-order chi connectivity index (χ0) is 20.1. The van der Waals surface area contributed by atoms with Crippen molar-refractivity contribution in [1.82, 2.24) is 0 Å². The van der Waals surface area contributed by atoms with Gasteiger partial charge in [-0.25, -0.2) is 4.79 Å². The summed E-state index contributed by atoms with van der Waals surface area (Å²) in [6, 6.07) is 1.54. The Morgan fingerprint density at radius 1 is 1.26 bits per heavy atom. The van der Waals surface area contributed by atoms with Crippen LogP contribution in [-0.2, 0) is 6.42 Å². The van der Waals surface area contributed by atoms with Gasteiger partial charge in [0.15, 0.2) is 0 Å². The van der Waals surface area contributed by atoms with E-state index >= 15 is 0 Å². The fraction of sp³-hybridized carbons (Fsp3) is 0.522. The molecule has 0 bridgehead atoms. The summed E-state index contributed by atoms with van der Waals surface area (Å²) in [5, 5.41) is 31.3. The predicted octanol–water partition coefficient (Wildman–Crippen LogP) is 5.93. The van der Waals surface area contributed by atoms with Gasteiger partial charge in [-0.05, 0) is 57.1 Å². The van der Waals surface area contributed by atoms with Crippen LogP contribution < -0.4 is 0 Å². The first-order valence-electron chi connectivity index (χ1n) is 9.91. The van der Waals surface area contributed by atoms with Gasteiger partial charge in [0.1, 0.15) is 17.1 Å². The number of aromatic hydroxyl groups is 2. The number of aromatic carboxylic acids is 1. The number of phenolic OH excluding ortho intramolecular Hbond substituents is 1. The summed E-state index contributed by atoms with van der Waals surface area (Å²) in [6.45, 7) is 10.1. The van der Waals surface area contributed by atoms with E-state index in [1.807, 2.05) is 19.9 Å². The number of rotatable bonds is 8. The zero-order valence-electron chi connectivity index (χ0n) is 16.7. The lowest BCUT2D eigenvalue weighted by molar-refractivity contribution is 0.0692. The van der Waals surface area contributed by atoms with E-state index < -0.39 is 5.97 Å². The first-order valence-corrected chi connectivity index (χ1v) is 9.91. The second-order valence-electron chi connectivity index (χ2n) is 7.84. The van der Waals surface area contributed by atoms with Crippen LogP contribution in [0.15, 0.2) is 29.9 Å². The lowest BCUT2D eigenvalue weighted by atomic mass is 9.73. The first kappa shape index (κ1) is 21.1. The fourth-order valence-corrected chi connectivity index (χ4v) is 4.14. The molecule has 0 radical (unpaired) electrons. The van der Waals surface area contributed by atoms with Gasteiger partial charge in [0.2, 0.25) is 0 Å². The monoisotopic (exact) mass is 372 g/mol. The van der Waals surface area contributed by atoms with Crippen molar-refractivity contribution < 1.29 is 20.1 Å². The van der Waals surface area contributed by atoms with Gasteiger partial charge >= 0.3 is 5.97 Å².